The van der Waals surface area contributed by atoms with Crippen LogP contribution >= 0.6 is 0 Å². The van der Waals surface area contributed by atoms with E-state index in [-0.39, 0.29) is 0 Å². The standard InChI is InChI=1S/C25H42N4O/c1-16(14-29-17(2)26-27-28-29)23-9-10-24-22-8-6-19-13-18(15-30-4)5-7-20(19)21(22)11-12-25(23,24)3/h16,18-24H,5-15H2,1-4H3/t16-,18+,19-,20+,21?,22-,23?,24?,25-/m1/s1. The fraction of sp³-hybridized carbons (Fsp3) is 0.960. The van der Waals surface area contributed by atoms with E-state index in [9.17, 15) is 0 Å². The molecule has 0 bridgehead atoms. The van der Waals surface area contributed by atoms with E-state index in [1.807, 2.05) is 18.7 Å². The summed E-state index contributed by atoms with van der Waals surface area (Å²) in [5.41, 5.74) is 0.530. The van der Waals surface area contributed by atoms with Crippen molar-refractivity contribution in [3.8, 4) is 0 Å². The molecule has 3 unspecified atom stereocenters. The molecule has 4 saturated carbocycles. The highest BCUT2D eigenvalue weighted by molar-refractivity contribution is 5.06. The van der Waals surface area contributed by atoms with Crippen molar-refractivity contribution in [2.24, 2.45) is 52.8 Å². The van der Waals surface area contributed by atoms with Gasteiger partial charge in [-0.15, -0.1) is 5.10 Å². The normalized spacial score (nSPS) is 44.2. The zero-order valence-corrected chi connectivity index (χ0v) is 19.6. The van der Waals surface area contributed by atoms with Crippen molar-refractivity contribution in [1.82, 2.24) is 20.2 Å². The topological polar surface area (TPSA) is 52.8 Å². The van der Waals surface area contributed by atoms with E-state index in [0.717, 1.165) is 60.4 Å². The van der Waals surface area contributed by atoms with Crippen molar-refractivity contribution >= 4 is 0 Å². The first-order chi connectivity index (χ1) is 14.5. The van der Waals surface area contributed by atoms with Crippen molar-refractivity contribution in [1.29, 1.82) is 0 Å². The van der Waals surface area contributed by atoms with E-state index < -0.39 is 0 Å². The van der Waals surface area contributed by atoms with Crippen LogP contribution in [0.4, 0.5) is 0 Å². The maximum absolute atomic E-state index is 5.50. The third kappa shape index (κ3) is 3.43. The number of rotatable bonds is 5. The minimum absolute atomic E-state index is 0.530. The lowest BCUT2D eigenvalue weighted by Crippen LogP contribution is -2.49. The van der Waals surface area contributed by atoms with Crippen molar-refractivity contribution in [2.45, 2.75) is 85.1 Å². The highest BCUT2D eigenvalue weighted by Crippen LogP contribution is 2.65. The van der Waals surface area contributed by atoms with Crippen LogP contribution in [0.1, 0.15) is 77.5 Å². The van der Waals surface area contributed by atoms with Gasteiger partial charge in [0.15, 0.2) is 0 Å². The van der Waals surface area contributed by atoms with Crippen LogP contribution in [0, 0.1) is 59.7 Å². The first-order valence-electron chi connectivity index (χ1n) is 12.7. The van der Waals surface area contributed by atoms with Crippen LogP contribution in [0.5, 0.6) is 0 Å². The number of hydrogen-bond donors (Lipinski definition) is 0. The molecule has 4 aliphatic rings. The SMILES string of the molecule is COC[C@H]1CC[C@@H]2C3CC[C@@]4(C)C(CCC4[C@H](C)Cn4nnnc4C)[C@@H]3CC[C@@H]2C1. The van der Waals surface area contributed by atoms with E-state index in [1.165, 1.54) is 57.8 Å². The van der Waals surface area contributed by atoms with Gasteiger partial charge in [0.25, 0.3) is 0 Å². The molecule has 1 aromatic heterocycles. The molecular weight excluding hydrogens is 372 g/mol. The Balaban J connectivity index is 1.28. The molecule has 0 aromatic carbocycles. The van der Waals surface area contributed by atoms with Crippen LogP contribution in [-0.2, 0) is 11.3 Å². The molecule has 0 radical (unpaired) electrons. The predicted octanol–water partition coefficient (Wildman–Crippen LogP) is 5.15. The summed E-state index contributed by atoms with van der Waals surface area (Å²) in [5, 5.41) is 12.2. The van der Waals surface area contributed by atoms with Crippen LogP contribution in [0.25, 0.3) is 0 Å². The van der Waals surface area contributed by atoms with Crippen molar-refractivity contribution in [3.63, 3.8) is 0 Å². The van der Waals surface area contributed by atoms with Gasteiger partial charge < -0.3 is 4.74 Å². The van der Waals surface area contributed by atoms with Gasteiger partial charge in [-0.2, -0.15) is 0 Å². The number of methoxy groups -OCH3 is 1. The number of aryl methyl sites for hydroxylation is 1. The van der Waals surface area contributed by atoms with Crippen molar-refractivity contribution in [3.05, 3.63) is 5.82 Å². The Kier molecular flexibility index (Phi) is 5.70. The first-order valence-corrected chi connectivity index (χ1v) is 12.7. The Bertz CT molecular complexity index is 734. The third-order valence-electron chi connectivity index (χ3n) is 10.4. The van der Waals surface area contributed by atoms with Crippen LogP contribution in [0.15, 0.2) is 0 Å². The molecule has 5 rings (SSSR count). The Morgan fingerprint density at radius 3 is 2.67 bits per heavy atom. The molecule has 9 atom stereocenters. The quantitative estimate of drug-likeness (QED) is 0.669. The Labute approximate surface area is 182 Å². The summed E-state index contributed by atoms with van der Waals surface area (Å²) in [4.78, 5) is 0. The largest absolute Gasteiger partial charge is 0.384 e. The molecule has 5 heteroatoms. The highest BCUT2D eigenvalue weighted by atomic mass is 16.5. The lowest BCUT2D eigenvalue weighted by Gasteiger charge is -2.57. The number of tetrazole rings is 1. The maximum atomic E-state index is 5.50. The summed E-state index contributed by atoms with van der Waals surface area (Å²) < 4.78 is 7.53. The maximum Gasteiger partial charge on any atom is 0.148 e. The fourth-order valence-corrected chi connectivity index (χ4v) is 9.13. The average molecular weight is 415 g/mol. The summed E-state index contributed by atoms with van der Waals surface area (Å²) in [7, 11) is 1.88. The molecule has 0 spiro atoms. The number of aromatic nitrogens is 4. The summed E-state index contributed by atoms with van der Waals surface area (Å²) in [6, 6.07) is 0. The minimum atomic E-state index is 0.530. The Hall–Kier alpha value is -0.970. The second-order valence-corrected chi connectivity index (χ2v) is 11.7. The molecule has 0 N–H and O–H groups in total. The summed E-state index contributed by atoms with van der Waals surface area (Å²) in [6.07, 6.45) is 13.1. The zero-order valence-electron chi connectivity index (χ0n) is 19.6. The molecule has 4 aliphatic carbocycles. The van der Waals surface area contributed by atoms with E-state index in [0.29, 0.717) is 11.3 Å². The van der Waals surface area contributed by atoms with Gasteiger partial charge in [0.2, 0.25) is 0 Å². The van der Waals surface area contributed by atoms with E-state index in [4.69, 9.17) is 4.74 Å². The third-order valence-corrected chi connectivity index (χ3v) is 10.4. The molecular formula is C25H42N4O. The predicted molar refractivity (Wildman–Crippen MR) is 118 cm³/mol. The molecule has 0 aliphatic heterocycles. The second kappa shape index (κ2) is 8.18. The Morgan fingerprint density at radius 2 is 1.90 bits per heavy atom. The lowest BCUT2D eigenvalue weighted by molar-refractivity contribution is -0.0778. The van der Waals surface area contributed by atoms with Crippen molar-refractivity contribution in [2.75, 3.05) is 13.7 Å². The smallest absolute Gasteiger partial charge is 0.148 e. The van der Waals surface area contributed by atoms with Crippen LogP contribution in [0.2, 0.25) is 0 Å². The van der Waals surface area contributed by atoms with Gasteiger partial charge in [-0.3, -0.25) is 0 Å². The average Bonchev–Trinajstić information content (AvgIpc) is 3.30. The molecule has 0 amide bonds. The molecule has 0 saturated heterocycles. The molecule has 1 aromatic rings. The van der Waals surface area contributed by atoms with Gasteiger partial charge in [0.05, 0.1) is 0 Å². The minimum Gasteiger partial charge on any atom is -0.384 e. The van der Waals surface area contributed by atoms with E-state index in [2.05, 4.69) is 29.4 Å². The molecule has 30 heavy (non-hydrogen) atoms. The fourth-order valence-electron chi connectivity index (χ4n) is 9.13. The highest BCUT2D eigenvalue weighted by Gasteiger charge is 2.57. The molecule has 168 valence electrons. The second-order valence-electron chi connectivity index (χ2n) is 11.7. The van der Waals surface area contributed by atoms with Gasteiger partial charge in [0.1, 0.15) is 5.82 Å². The molecule has 1 heterocycles. The number of ether oxygens (including phenoxy) is 1. The zero-order chi connectivity index (χ0) is 20.9. The number of nitrogens with zero attached hydrogens (tertiary/aromatic N) is 4. The Morgan fingerprint density at radius 1 is 1.07 bits per heavy atom. The van der Waals surface area contributed by atoms with Crippen LogP contribution in [-0.4, -0.2) is 33.9 Å². The van der Waals surface area contributed by atoms with Gasteiger partial charge in [-0.25, -0.2) is 4.68 Å². The van der Waals surface area contributed by atoms with E-state index in [1.54, 1.807) is 0 Å². The van der Waals surface area contributed by atoms with E-state index >= 15 is 0 Å². The molecule has 5 nitrogen and oxygen atoms in total. The van der Waals surface area contributed by atoms with Gasteiger partial charge in [-0.05, 0) is 128 Å². The van der Waals surface area contributed by atoms with Gasteiger partial charge >= 0.3 is 0 Å². The monoisotopic (exact) mass is 414 g/mol. The number of fused-ring (bicyclic) bond motifs is 5. The summed E-state index contributed by atoms with van der Waals surface area (Å²) >= 11 is 0. The first kappa shape index (κ1) is 20.9. The summed E-state index contributed by atoms with van der Waals surface area (Å²) in [5.74, 6) is 8.22. The van der Waals surface area contributed by atoms with Crippen LogP contribution < -0.4 is 0 Å². The number of hydrogen-bond acceptors (Lipinski definition) is 4. The lowest BCUT2D eigenvalue weighted by atomic mass is 9.49. The van der Waals surface area contributed by atoms with Gasteiger partial charge in [0, 0.05) is 20.3 Å². The van der Waals surface area contributed by atoms with Crippen LogP contribution in [0.3, 0.4) is 0 Å². The van der Waals surface area contributed by atoms with Gasteiger partial charge in [-0.1, -0.05) is 13.8 Å². The summed E-state index contributed by atoms with van der Waals surface area (Å²) in [6.45, 7) is 9.11. The molecule has 4 fully saturated rings. The van der Waals surface area contributed by atoms with Crippen molar-refractivity contribution < 1.29 is 4.74 Å².